The molecule has 5 heteroatoms. The molecule has 2 nitrogen and oxygen atoms in total. The van der Waals surface area contributed by atoms with Gasteiger partial charge in [0.1, 0.15) is 0 Å². The lowest BCUT2D eigenvalue weighted by Crippen LogP contribution is -2.29. The molecule has 0 aromatic heterocycles. The van der Waals surface area contributed by atoms with Crippen LogP contribution in [-0.2, 0) is 9.53 Å². The molecule has 1 spiro atoms. The van der Waals surface area contributed by atoms with Crippen molar-refractivity contribution in [3.05, 3.63) is 0 Å². The van der Waals surface area contributed by atoms with Gasteiger partial charge in [0.15, 0.2) is 0 Å². The Balaban J connectivity index is 1.87. The van der Waals surface area contributed by atoms with Crippen molar-refractivity contribution in [3.63, 3.8) is 0 Å². The number of hydrogen-bond acceptors (Lipinski definition) is 4. The highest BCUT2D eigenvalue weighted by molar-refractivity contribution is 8.21. The second-order valence-electron chi connectivity index (χ2n) is 5.09. The van der Waals surface area contributed by atoms with E-state index in [2.05, 4.69) is 23.5 Å². The normalized spacial score (nSPS) is 35.9. The molecule has 2 fully saturated rings. The molecule has 1 saturated heterocycles. The van der Waals surface area contributed by atoms with Gasteiger partial charge in [-0.2, -0.15) is 0 Å². The van der Waals surface area contributed by atoms with Crippen molar-refractivity contribution in [3.8, 4) is 0 Å². The van der Waals surface area contributed by atoms with Crippen LogP contribution in [0.25, 0.3) is 0 Å². The molecule has 3 unspecified atom stereocenters. The van der Waals surface area contributed by atoms with E-state index in [9.17, 15) is 4.79 Å². The van der Waals surface area contributed by atoms with Crippen LogP contribution in [0.4, 0.5) is 0 Å². The molecule has 0 aromatic rings. The third-order valence-electron chi connectivity index (χ3n) is 3.62. The molecule has 2 aliphatic rings. The minimum atomic E-state index is -0.0264. The van der Waals surface area contributed by atoms with E-state index >= 15 is 0 Å². The number of carbonyl (C=O) groups is 1. The number of ether oxygens (including phenoxy) is 1. The molecule has 104 valence electrons. The number of halogens is 1. The first-order valence-corrected chi connectivity index (χ1v) is 9.11. The van der Waals surface area contributed by atoms with E-state index in [0.29, 0.717) is 28.3 Å². The van der Waals surface area contributed by atoms with Crippen molar-refractivity contribution >= 4 is 41.1 Å². The molecular formula is C13H21ClO2S2. The lowest BCUT2D eigenvalue weighted by molar-refractivity contribution is -0.144. The third kappa shape index (κ3) is 3.73. The summed E-state index contributed by atoms with van der Waals surface area (Å²) in [6.07, 6.45) is 5.43. The van der Waals surface area contributed by atoms with E-state index < -0.39 is 0 Å². The highest BCUT2D eigenvalue weighted by Crippen LogP contribution is 2.57. The fourth-order valence-corrected chi connectivity index (χ4v) is 7.17. The van der Waals surface area contributed by atoms with E-state index in [4.69, 9.17) is 16.3 Å². The Hall–Kier alpha value is 0.460. The number of alkyl halides is 1. The summed E-state index contributed by atoms with van der Waals surface area (Å²) in [5.74, 6) is 2.40. The lowest BCUT2D eigenvalue weighted by atomic mass is 9.86. The van der Waals surface area contributed by atoms with E-state index in [1.54, 1.807) is 0 Å². The summed E-state index contributed by atoms with van der Waals surface area (Å²) in [6, 6.07) is 0. The molecule has 1 aliphatic carbocycles. The number of thioether (sulfide) groups is 2. The lowest BCUT2D eigenvalue weighted by Gasteiger charge is -2.36. The molecule has 3 atom stereocenters. The molecule has 1 heterocycles. The summed E-state index contributed by atoms with van der Waals surface area (Å²) >= 11 is 10.1. The van der Waals surface area contributed by atoms with Gasteiger partial charge in [-0.1, -0.05) is 6.42 Å². The summed E-state index contributed by atoms with van der Waals surface area (Å²) in [4.78, 5) is 11.6. The maximum Gasteiger partial charge on any atom is 0.306 e. The van der Waals surface area contributed by atoms with Crippen LogP contribution in [0.3, 0.4) is 0 Å². The average Bonchev–Trinajstić information content (AvgIpc) is 2.72. The maximum atomic E-state index is 11.6. The van der Waals surface area contributed by atoms with Gasteiger partial charge in [-0.05, 0) is 32.1 Å². The zero-order valence-electron chi connectivity index (χ0n) is 10.8. The highest BCUT2D eigenvalue weighted by Gasteiger charge is 2.44. The summed E-state index contributed by atoms with van der Waals surface area (Å²) in [6.45, 7) is 2.36. The standard InChI is InChI=1S/C13H21ClO2S2/c1-2-16-12(15)6-10-4-3-5-13(7-10)17-9-11(8-14)18-13/h10-11H,2-9H2,1H3. The van der Waals surface area contributed by atoms with Gasteiger partial charge in [0, 0.05) is 23.3 Å². The molecule has 0 bridgehead atoms. The summed E-state index contributed by atoms with van der Waals surface area (Å²) in [5, 5.41) is 0.595. The van der Waals surface area contributed by atoms with Gasteiger partial charge < -0.3 is 4.74 Å². The van der Waals surface area contributed by atoms with Crippen molar-refractivity contribution in [1.29, 1.82) is 0 Å². The van der Waals surface area contributed by atoms with Crippen LogP contribution in [0.15, 0.2) is 0 Å². The van der Waals surface area contributed by atoms with Gasteiger partial charge in [0.25, 0.3) is 0 Å². The predicted octanol–water partition coefficient (Wildman–Crippen LogP) is 3.91. The SMILES string of the molecule is CCOC(=O)CC1CCCC2(C1)SCC(CCl)S2. The Morgan fingerprint density at radius 3 is 3.06 bits per heavy atom. The third-order valence-corrected chi connectivity index (χ3v) is 7.96. The van der Waals surface area contributed by atoms with E-state index in [0.717, 1.165) is 12.3 Å². The average molecular weight is 309 g/mol. The minimum Gasteiger partial charge on any atom is -0.466 e. The number of rotatable bonds is 4. The largest absolute Gasteiger partial charge is 0.466 e. The molecule has 0 N–H and O–H groups in total. The van der Waals surface area contributed by atoms with Gasteiger partial charge in [-0.15, -0.1) is 35.1 Å². The maximum absolute atomic E-state index is 11.6. The highest BCUT2D eigenvalue weighted by atomic mass is 35.5. The Bertz CT molecular complexity index is 301. The molecule has 0 aromatic carbocycles. The van der Waals surface area contributed by atoms with Crippen LogP contribution in [0.2, 0.25) is 0 Å². The van der Waals surface area contributed by atoms with Gasteiger partial charge in [-0.25, -0.2) is 0 Å². The molecule has 0 amide bonds. The van der Waals surface area contributed by atoms with Gasteiger partial charge in [0.05, 0.1) is 10.7 Å². The fourth-order valence-electron chi connectivity index (χ4n) is 2.86. The van der Waals surface area contributed by atoms with Gasteiger partial charge in [0.2, 0.25) is 0 Å². The monoisotopic (exact) mass is 308 g/mol. The molecule has 0 radical (unpaired) electrons. The van der Waals surface area contributed by atoms with Gasteiger partial charge >= 0.3 is 5.97 Å². The van der Waals surface area contributed by atoms with Crippen molar-refractivity contribution in [2.24, 2.45) is 5.92 Å². The van der Waals surface area contributed by atoms with Crippen LogP contribution < -0.4 is 0 Å². The molecule has 18 heavy (non-hydrogen) atoms. The predicted molar refractivity (Wildman–Crippen MR) is 80.5 cm³/mol. The van der Waals surface area contributed by atoms with Crippen LogP contribution in [0.5, 0.6) is 0 Å². The summed E-state index contributed by atoms with van der Waals surface area (Å²) in [7, 11) is 0. The van der Waals surface area contributed by atoms with Crippen LogP contribution >= 0.6 is 35.1 Å². The first-order chi connectivity index (χ1) is 8.67. The van der Waals surface area contributed by atoms with Crippen LogP contribution in [0.1, 0.15) is 39.0 Å². The zero-order valence-corrected chi connectivity index (χ0v) is 13.2. The number of hydrogen-bond donors (Lipinski definition) is 0. The molecule has 1 saturated carbocycles. The van der Waals surface area contributed by atoms with Crippen molar-refractivity contribution < 1.29 is 9.53 Å². The van der Waals surface area contributed by atoms with Crippen LogP contribution in [0, 0.1) is 5.92 Å². The molecule has 1 aliphatic heterocycles. The molecular weight excluding hydrogens is 288 g/mol. The van der Waals surface area contributed by atoms with Crippen molar-refractivity contribution in [1.82, 2.24) is 0 Å². The van der Waals surface area contributed by atoms with Crippen LogP contribution in [-0.4, -0.2) is 33.5 Å². The Morgan fingerprint density at radius 2 is 2.39 bits per heavy atom. The first-order valence-electron chi connectivity index (χ1n) is 6.71. The fraction of sp³-hybridized carbons (Fsp3) is 0.923. The zero-order chi connectivity index (χ0) is 13.0. The second kappa shape index (κ2) is 6.76. The molecule has 2 rings (SSSR count). The van der Waals surface area contributed by atoms with Crippen molar-refractivity contribution in [2.45, 2.75) is 48.4 Å². The second-order valence-corrected chi connectivity index (χ2v) is 8.74. The quantitative estimate of drug-likeness (QED) is 0.581. The van der Waals surface area contributed by atoms with E-state index in [1.807, 2.05) is 6.92 Å². The summed E-state index contributed by atoms with van der Waals surface area (Å²) < 4.78 is 5.41. The Kier molecular flexibility index (Phi) is 5.58. The topological polar surface area (TPSA) is 26.3 Å². The number of esters is 1. The first kappa shape index (κ1) is 14.9. The Labute approximate surface area is 123 Å². The minimum absolute atomic E-state index is 0.0264. The van der Waals surface area contributed by atoms with Crippen molar-refractivity contribution in [2.75, 3.05) is 18.2 Å². The smallest absolute Gasteiger partial charge is 0.306 e. The van der Waals surface area contributed by atoms with E-state index in [1.165, 1.54) is 25.0 Å². The number of carbonyl (C=O) groups excluding carboxylic acids is 1. The van der Waals surface area contributed by atoms with E-state index in [-0.39, 0.29) is 5.97 Å². The Morgan fingerprint density at radius 1 is 1.56 bits per heavy atom. The summed E-state index contributed by atoms with van der Waals surface area (Å²) in [5.41, 5.74) is 0. The van der Waals surface area contributed by atoms with Gasteiger partial charge in [-0.3, -0.25) is 4.79 Å².